The van der Waals surface area contributed by atoms with Crippen LogP contribution in [0.25, 0.3) is 10.6 Å². The van der Waals surface area contributed by atoms with Crippen LogP contribution in [0.4, 0.5) is 14.5 Å². The molecule has 4 rings (SSSR count). The number of nitrogens with zero attached hydrogens (tertiary/aromatic N) is 2. The van der Waals surface area contributed by atoms with Gasteiger partial charge in [0.1, 0.15) is 0 Å². The van der Waals surface area contributed by atoms with Crippen molar-refractivity contribution in [3.05, 3.63) is 59.6 Å². The fourth-order valence-corrected chi connectivity index (χ4v) is 6.16. The number of thiazole rings is 1. The van der Waals surface area contributed by atoms with Gasteiger partial charge in [-0.1, -0.05) is 0 Å². The van der Waals surface area contributed by atoms with Crippen LogP contribution in [0.15, 0.2) is 36.7 Å². The molecule has 162 valence electrons. The van der Waals surface area contributed by atoms with Crippen LogP contribution in [0.5, 0.6) is 0 Å². The van der Waals surface area contributed by atoms with Crippen LogP contribution in [0.3, 0.4) is 0 Å². The van der Waals surface area contributed by atoms with Crippen molar-refractivity contribution < 1.29 is 18.7 Å². The van der Waals surface area contributed by atoms with Crippen LogP contribution < -0.4 is 8.98 Å². The zero-order valence-corrected chi connectivity index (χ0v) is 20.0. The zero-order valence-electron chi connectivity index (χ0n) is 16.8. The number of carbonyl (C=O) groups excluding carboxylic acids is 1. The third-order valence-corrected chi connectivity index (χ3v) is 7.72. The number of hydrogen-bond donors (Lipinski definition) is 2. The van der Waals surface area contributed by atoms with Gasteiger partial charge in [-0.2, -0.15) is 0 Å². The Kier molecular flexibility index (Phi) is 6.51. The number of pyridine rings is 1. The van der Waals surface area contributed by atoms with E-state index in [0.29, 0.717) is 21.7 Å². The molecule has 0 bridgehead atoms. The summed E-state index contributed by atoms with van der Waals surface area (Å²) in [6, 6.07) is 5.49. The molecule has 0 radical (unpaired) electrons. The molecule has 5 nitrogen and oxygen atoms in total. The second-order valence-electron chi connectivity index (χ2n) is 7.91. The van der Waals surface area contributed by atoms with Gasteiger partial charge in [0, 0.05) is 0 Å². The van der Waals surface area contributed by atoms with Crippen LogP contribution in [0, 0.1) is 17.6 Å². The van der Waals surface area contributed by atoms with Crippen molar-refractivity contribution in [3.8, 4) is 10.6 Å². The van der Waals surface area contributed by atoms with Crippen LogP contribution in [0.1, 0.15) is 48.2 Å². The first-order valence-corrected chi connectivity index (χ1v) is 12.0. The summed E-state index contributed by atoms with van der Waals surface area (Å²) in [6.45, 7) is 2.11. The van der Waals surface area contributed by atoms with E-state index >= 15 is 0 Å². The maximum atomic E-state index is 14.1. The molecule has 0 aliphatic heterocycles. The molecular formula is C22H22AsF2N3O2S. The number of aromatic nitrogens is 2. The molecule has 1 aromatic carbocycles. The number of aliphatic hydroxyl groups is 1. The SMILES string of the molecule is C[C@@H]1C[C@@H](O)C[C@H](c2ccncc2NC(=O)c2nc(-c3c(F)cccc3F)sc2[AsH2])C1. The van der Waals surface area contributed by atoms with Gasteiger partial charge in [-0.3, -0.25) is 0 Å². The number of benzene rings is 1. The Balaban J connectivity index is 1.61. The van der Waals surface area contributed by atoms with E-state index in [1.807, 2.05) is 6.07 Å². The Labute approximate surface area is 191 Å². The number of hydrogen-bond acceptors (Lipinski definition) is 5. The molecule has 1 amide bonds. The third-order valence-electron chi connectivity index (χ3n) is 5.51. The number of halogens is 2. The molecule has 4 atom stereocenters. The third kappa shape index (κ3) is 4.71. The van der Waals surface area contributed by atoms with Crippen molar-refractivity contribution in [2.45, 2.75) is 38.2 Å². The van der Waals surface area contributed by atoms with Gasteiger partial charge in [-0.15, -0.1) is 0 Å². The molecule has 0 spiro atoms. The molecule has 2 N–H and O–H groups in total. The summed E-state index contributed by atoms with van der Waals surface area (Å²) >= 11 is 2.25. The summed E-state index contributed by atoms with van der Waals surface area (Å²) in [7, 11) is 0. The number of anilines is 1. The molecule has 2 heterocycles. The molecule has 1 unspecified atom stereocenters. The minimum atomic E-state index is -0.715. The van der Waals surface area contributed by atoms with Crippen LogP contribution in [-0.2, 0) is 0 Å². The Bertz CT molecular complexity index is 1090. The summed E-state index contributed by atoms with van der Waals surface area (Å²) < 4.78 is 28.9. The van der Waals surface area contributed by atoms with Crippen molar-refractivity contribution in [1.82, 2.24) is 9.97 Å². The Morgan fingerprint density at radius 2 is 1.97 bits per heavy atom. The van der Waals surface area contributed by atoms with Gasteiger partial charge in [0.15, 0.2) is 0 Å². The number of nitrogens with one attached hydrogen (secondary N) is 1. The van der Waals surface area contributed by atoms with E-state index in [1.165, 1.54) is 18.2 Å². The Morgan fingerprint density at radius 3 is 2.68 bits per heavy atom. The Morgan fingerprint density at radius 1 is 1.23 bits per heavy atom. The number of carbonyl (C=O) groups is 1. The minimum absolute atomic E-state index is 0.112. The first-order valence-electron chi connectivity index (χ1n) is 9.97. The molecule has 0 saturated heterocycles. The Hall–Kier alpha value is -2.15. The molecule has 1 aliphatic rings. The predicted molar refractivity (Wildman–Crippen MR) is 120 cm³/mol. The van der Waals surface area contributed by atoms with Gasteiger partial charge in [-0.05, 0) is 0 Å². The quantitative estimate of drug-likeness (QED) is 0.534. The molecule has 1 fully saturated rings. The summed E-state index contributed by atoms with van der Waals surface area (Å²) in [4.78, 5) is 21.4. The molecule has 1 aliphatic carbocycles. The van der Waals surface area contributed by atoms with E-state index in [1.54, 1.807) is 12.4 Å². The van der Waals surface area contributed by atoms with Crippen LogP contribution >= 0.6 is 11.3 Å². The van der Waals surface area contributed by atoms with E-state index < -0.39 is 17.5 Å². The number of aliphatic hydroxyl groups excluding tert-OH is 1. The molecule has 2 aromatic heterocycles. The maximum absolute atomic E-state index is 14.1. The monoisotopic (exact) mass is 505 g/mol. The van der Waals surface area contributed by atoms with Crippen molar-refractivity contribution >= 4 is 43.4 Å². The first-order chi connectivity index (χ1) is 14.8. The summed E-state index contributed by atoms with van der Waals surface area (Å²) in [5.74, 6) is -1.38. The van der Waals surface area contributed by atoms with Crippen LogP contribution in [0.2, 0.25) is 0 Å². The number of rotatable bonds is 4. The van der Waals surface area contributed by atoms with Gasteiger partial charge >= 0.3 is 192 Å². The van der Waals surface area contributed by atoms with Gasteiger partial charge < -0.3 is 0 Å². The van der Waals surface area contributed by atoms with E-state index in [9.17, 15) is 18.7 Å². The standard InChI is InChI=1S/C22H22AsF2N3O2S/c1-11-7-12(9-13(29)8-11)14-5-6-26-10-17(14)27-21(30)19-20(23)31-22(28-19)18-15(24)3-2-4-16(18)25/h2-6,10-13,29H,7-9,23H2,1H3,(H,27,30)/t11-,12+,13+/m0/s1. The van der Waals surface area contributed by atoms with Crippen LogP contribution in [-0.4, -0.2) is 43.9 Å². The van der Waals surface area contributed by atoms with Crippen molar-refractivity contribution in [1.29, 1.82) is 0 Å². The van der Waals surface area contributed by atoms with E-state index in [2.05, 4.69) is 22.2 Å². The normalized spacial score (nSPS) is 21.1. The fraction of sp³-hybridized carbons (Fsp3) is 0.318. The summed E-state index contributed by atoms with van der Waals surface area (Å²) in [6.07, 6.45) is 5.22. The summed E-state index contributed by atoms with van der Waals surface area (Å²) in [5.41, 5.74) is 1.41. The molecular weight excluding hydrogens is 483 g/mol. The average molecular weight is 505 g/mol. The van der Waals surface area contributed by atoms with Gasteiger partial charge in [0.2, 0.25) is 0 Å². The van der Waals surface area contributed by atoms with E-state index in [4.69, 9.17) is 0 Å². The average Bonchev–Trinajstić information content (AvgIpc) is 3.09. The van der Waals surface area contributed by atoms with Crippen molar-refractivity contribution in [3.63, 3.8) is 0 Å². The molecule has 31 heavy (non-hydrogen) atoms. The molecule has 3 aromatic rings. The zero-order chi connectivity index (χ0) is 22.1. The van der Waals surface area contributed by atoms with Crippen molar-refractivity contribution in [2.75, 3.05) is 5.32 Å². The van der Waals surface area contributed by atoms with E-state index in [0.717, 1.165) is 46.6 Å². The van der Waals surface area contributed by atoms with E-state index in [-0.39, 0.29) is 28.3 Å². The van der Waals surface area contributed by atoms with Crippen molar-refractivity contribution in [2.24, 2.45) is 5.92 Å². The number of amides is 1. The fourth-order valence-electron chi connectivity index (χ4n) is 4.17. The molecule has 9 heteroatoms. The summed E-state index contributed by atoms with van der Waals surface area (Å²) in [5, 5.41) is 13.2. The second kappa shape index (κ2) is 9.15. The predicted octanol–water partition coefficient (Wildman–Crippen LogP) is 3.26. The topological polar surface area (TPSA) is 75.1 Å². The molecule has 1 saturated carbocycles. The van der Waals surface area contributed by atoms with Gasteiger partial charge in [0.05, 0.1) is 0 Å². The first kappa shape index (κ1) is 22.1. The van der Waals surface area contributed by atoms with Gasteiger partial charge in [-0.25, -0.2) is 0 Å². The van der Waals surface area contributed by atoms with Gasteiger partial charge in [0.25, 0.3) is 0 Å². The second-order valence-corrected chi connectivity index (χ2v) is 11.0.